The Morgan fingerprint density at radius 1 is 1.35 bits per heavy atom. The molecule has 0 saturated carbocycles. The summed E-state index contributed by atoms with van der Waals surface area (Å²) in [6.45, 7) is 1.76. The zero-order chi connectivity index (χ0) is 14.3. The van der Waals surface area contributed by atoms with Gasteiger partial charge in [-0.1, -0.05) is 34.5 Å². The van der Waals surface area contributed by atoms with Gasteiger partial charge in [-0.05, 0) is 25.1 Å². The summed E-state index contributed by atoms with van der Waals surface area (Å²) < 4.78 is 1.51. The van der Waals surface area contributed by atoms with Crippen molar-refractivity contribution in [1.29, 1.82) is 0 Å². The SMILES string of the molecule is Cc1nnc2sc(C(=O)Nc3cc(Cl)ccc3Cl)nn12. The molecule has 2 aromatic heterocycles. The van der Waals surface area contributed by atoms with Gasteiger partial charge >= 0.3 is 0 Å². The van der Waals surface area contributed by atoms with Crippen molar-refractivity contribution < 1.29 is 4.79 Å². The highest BCUT2D eigenvalue weighted by molar-refractivity contribution is 7.18. The molecule has 2 heterocycles. The summed E-state index contributed by atoms with van der Waals surface area (Å²) >= 11 is 13.0. The van der Waals surface area contributed by atoms with Crippen LogP contribution in [0.2, 0.25) is 10.0 Å². The summed E-state index contributed by atoms with van der Waals surface area (Å²) in [6, 6.07) is 4.83. The lowest BCUT2D eigenvalue weighted by atomic mass is 10.3. The lowest BCUT2D eigenvalue weighted by Crippen LogP contribution is -2.12. The predicted octanol–water partition coefficient (Wildman–Crippen LogP) is 3.05. The molecule has 6 nitrogen and oxygen atoms in total. The molecule has 0 atom stereocenters. The zero-order valence-electron chi connectivity index (χ0n) is 10.1. The second kappa shape index (κ2) is 5.01. The van der Waals surface area contributed by atoms with Crippen LogP contribution in [-0.2, 0) is 0 Å². The Bertz CT molecular complexity index is 812. The highest BCUT2D eigenvalue weighted by Crippen LogP contribution is 2.26. The fourth-order valence-electron chi connectivity index (χ4n) is 1.58. The average Bonchev–Trinajstić information content (AvgIpc) is 2.97. The van der Waals surface area contributed by atoms with Crippen molar-refractivity contribution in [3.05, 3.63) is 39.1 Å². The van der Waals surface area contributed by atoms with Crippen molar-refractivity contribution in [3.8, 4) is 0 Å². The summed E-state index contributed by atoms with van der Waals surface area (Å²) in [7, 11) is 0. The number of benzene rings is 1. The van der Waals surface area contributed by atoms with Crippen LogP contribution in [-0.4, -0.2) is 25.7 Å². The Labute approximate surface area is 127 Å². The maximum Gasteiger partial charge on any atom is 0.286 e. The molecule has 0 saturated heterocycles. The summed E-state index contributed by atoms with van der Waals surface area (Å²) in [5, 5.41) is 15.7. The number of amides is 1. The minimum atomic E-state index is -0.371. The molecule has 0 aliphatic rings. The van der Waals surface area contributed by atoms with Gasteiger partial charge in [0.2, 0.25) is 9.97 Å². The normalized spacial score (nSPS) is 10.9. The molecule has 0 aliphatic heterocycles. The number of anilines is 1. The molecule has 9 heteroatoms. The maximum atomic E-state index is 12.1. The first-order valence-corrected chi connectivity index (χ1v) is 7.07. The molecule has 102 valence electrons. The van der Waals surface area contributed by atoms with E-state index in [0.717, 1.165) is 11.3 Å². The van der Waals surface area contributed by atoms with Crippen molar-refractivity contribution in [3.63, 3.8) is 0 Å². The van der Waals surface area contributed by atoms with Crippen molar-refractivity contribution in [2.45, 2.75) is 6.92 Å². The van der Waals surface area contributed by atoms with E-state index in [9.17, 15) is 4.79 Å². The van der Waals surface area contributed by atoms with Gasteiger partial charge in [0, 0.05) is 5.02 Å². The van der Waals surface area contributed by atoms with Gasteiger partial charge in [-0.3, -0.25) is 4.79 Å². The molecule has 0 fully saturated rings. The van der Waals surface area contributed by atoms with Crippen LogP contribution in [0.4, 0.5) is 5.69 Å². The third-order valence-electron chi connectivity index (χ3n) is 2.52. The highest BCUT2D eigenvalue weighted by Gasteiger charge is 2.16. The molecule has 1 aromatic carbocycles. The molecule has 3 aromatic rings. The van der Waals surface area contributed by atoms with Crippen molar-refractivity contribution in [1.82, 2.24) is 19.8 Å². The lowest BCUT2D eigenvalue weighted by Gasteiger charge is -2.05. The van der Waals surface area contributed by atoms with E-state index in [1.807, 2.05) is 0 Å². The van der Waals surface area contributed by atoms with E-state index in [1.54, 1.807) is 25.1 Å². The second-order valence-corrected chi connectivity index (χ2v) is 5.73. The van der Waals surface area contributed by atoms with Crippen LogP contribution in [0.25, 0.3) is 4.96 Å². The number of hydrogen-bond acceptors (Lipinski definition) is 5. The van der Waals surface area contributed by atoms with Crippen molar-refractivity contribution in [2.75, 3.05) is 5.32 Å². The maximum absolute atomic E-state index is 12.1. The monoisotopic (exact) mass is 327 g/mol. The molecule has 0 aliphatic carbocycles. The van der Waals surface area contributed by atoms with Gasteiger partial charge in [-0.15, -0.1) is 15.3 Å². The van der Waals surface area contributed by atoms with Crippen LogP contribution >= 0.6 is 34.5 Å². The van der Waals surface area contributed by atoms with Crippen LogP contribution in [0, 0.1) is 6.92 Å². The van der Waals surface area contributed by atoms with Crippen LogP contribution in [0.5, 0.6) is 0 Å². The summed E-state index contributed by atoms with van der Waals surface area (Å²) in [5.74, 6) is 0.250. The Kier molecular flexibility index (Phi) is 3.33. The van der Waals surface area contributed by atoms with Gasteiger partial charge in [0.25, 0.3) is 5.91 Å². The quantitative estimate of drug-likeness (QED) is 0.785. The fraction of sp³-hybridized carbons (Fsp3) is 0.0909. The van der Waals surface area contributed by atoms with Gasteiger partial charge < -0.3 is 5.32 Å². The van der Waals surface area contributed by atoms with E-state index in [2.05, 4.69) is 20.6 Å². The minimum absolute atomic E-state index is 0.272. The molecule has 0 bridgehead atoms. The lowest BCUT2D eigenvalue weighted by molar-refractivity contribution is 0.102. The van der Waals surface area contributed by atoms with Crippen molar-refractivity contribution in [2.24, 2.45) is 0 Å². The van der Waals surface area contributed by atoms with Gasteiger partial charge in [0.05, 0.1) is 10.7 Å². The van der Waals surface area contributed by atoms with Gasteiger partial charge in [-0.25, -0.2) is 0 Å². The minimum Gasteiger partial charge on any atom is -0.318 e. The van der Waals surface area contributed by atoms with Crippen LogP contribution in [0.3, 0.4) is 0 Å². The molecule has 0 spiro atoms. The summed E-state index contributed by atoms with van der Waals surface area (Å²) in [5.41, 5.74) is 0.437. The van der Waals surface area contributed by atoms with Crippen LogP contribution in [0.1, 0.15) is 15.6 Å². The Balaban J connectivity index is 1.90. The molecule has 0 radical (unpaired) electrons. The molecule has 0 unspecified atom stereocenters. The van der Waals surface area contributed by atoms with Crippen LogP contribution < -0.4 is 5.32 Å². The third kappa shape index (κ3) is 2.35. The van der Waals surface area contributed by atoms with Crippen molar-refractivity contribution >= 4 is 51.1 Å². The fourth-order valence-corrected chi connectivity index (χ4v) is 2.69. The van der Waals surface area contributed by atoms with E-state index in [4.69, 9.17) is 23.2 Å². The number of hydrogen-bond donors (Lipinski definition) is 1. The van der Waals surface area contributed by atoms with E-state index in [-0.39, 0.29) is 10.9 Å². The average molecular weight is 328 g/mol. The second-order valence-electron chi connectivity index (χ2n) is 3.93. The highest BCUT2D eigenvalue weighted by atomic mass is 35.5. The number of aryl methyl sites for hydroxylation is 1. The van der Waals surface area contributed by atoms with E-state index in [1.165, 1.54) is 4.52 Å². The molecular formula is C11H7Cl2N5OS. The molecule has 1 N–H and O–H groups in total. The standard InChI is InChI=1S/C11H7Cl2N5OS/c1-5-15-16-11-18(5)17-10(20-11)9(19)14-8-4-6(12)2-3-7(8)13/h2-4H,1H3,(H,14,19). The first kappa shape index (κ1) is 13.3. The molecule has 20 heavy (non-hydrogen) atoms. The number of fused-ring (bicyclic) bond motifs is 1. The van der Waals surface area contributed by atoms with Gasteiger partial charge in [0.15, 0.2) is 5.82 Å². The zero-order valence-corrected chi connectivity index (χ0v) is 12.4. The Hall–Kier alpha value is -1.70. The van der Waals surface area contributed by atoms with E-state index >= 15 is 0 Å². The van der Waals surface area contributed by atoms with E-state index < -0.39 is 0 Å². The molecular weight excluding hydrogens is 321 g/mol. The number of aromatic nitrogens is 4. The first-order valence-electron chi connectivity index (χ1n) is 5.50. The van der Waals surface area contributed by atoms with Gasteiger partial charge in [0.1, 0.15) is 0 Å². The number of halogens is 2. The smallest absolute Gasteiger partial charge is 0.286 e. The Morgan fingerprint density at radius 3 is 2.90 bits per heavy atom. The number of nitrogens with zero attached hydrogens (tertiary/aromatic N) is 4. The number of rotatable bonds is 2. The predicted molar refractivity (Wildman–Crippen MR) is 77.8 cm³/mol. The Morgan fingerprint density at radius 2 is 2.15 bits per heavy atom. The number of carbonyl (C=O) groups excluding carboxylic acids is 1. The number of carbonyl (C=O) groups is 1. The first-order chi connectivity index (χ1) is 9.54. The molecule has 3 rings (SSSR count). The van der Waals surface area contributed by atoms with Gasteiger partial charge in [-0.2, -0.15) is 4.52 Å². The summed E-state index contributed by atoms with van der Waals surface area (Å²) in [4.78, 5) is 12.7. The van der Waals surface area contributed by atoms with E-state index in [0.29, 0.717) is 26.5 Å². The summed E-state index contributed by atoms with van der Waals surface area (Å²) in [6.07, 6.45) is 0. The largest absolute Gasteiger partial charge is 0.318 e. The van der Waals surface area contributed by atoms with Crippen LogP contribution in [0.15, 0.2) is 18.2 Å². The number of nitrogens with one attached hydrogen (secondary N) is 1. The topological polar surface area (TPSA) is 72.2 Å². The molecule has 1 amide bonds. The third-order valence-corrected chi connectivity index (χ3v) is 3.98.